The molecule has 0 atom stereocenters. The van der Waals surface area contributed by atoms with Gasteiger partial charge in [0.25, 0.3) is 0 Å². The lowest BCUT2D eigenvalue weighted by Gasteiger charge is -2.01. The zero-order chi connectivity index (χ0) is 10.7. The number of hydrogen-bond acceptors (Lipinski definition) is 6. The van der Waals surface area contributed by atoms with Crippen molar-refractivity contribution in [3.8, 4) is 0 Å². The lowest BCUT2D eigenvalue weighted by atomic mass is 10.2. The SMILES string of the molecule is COC(=O)c1scc(N)c1C(=O)OC.Cl. The molecular weight excluding hydrogens is 242 g/mol. The Morgan fingerprint density at radius 3 is 2.27 bits per heavy atom. The number of esters is 2. The van der Waals surface area contributed by atoms with Crippen LogP contribution in [-0.4, -0.2) is 26.2 Å². The first-order valence-corrected chi connectivity index (χ1v) is 4.53. The number of halogens is 1. The number of nitrogen functional groups attached to an aromatic ring is 1. The predicted octanol–water partition coefficient (Wildman–Crippen LogP) is 1.33. The third-order valence-electron chi connectivity index (χ3n) is 1.58. The van der Waals surface area contributed by atoms with Gasteiger partial charge in [-0.1, -0.05) is 0 Å². The van der Waals surface area contributed by atoms with Gasteiger partial charge in [0, 0.05) is 5.38 Å². The van der Waals surface area contributed by atoms with E-state index in [0.717, 1.165) is 11.3 Å². The largest absolute Gasteiger partial charge is 0.465 e. The summed E-state index contributed by atoms with van der Waals surface area (Å²) in [5.41, 5.74) is 5.81. The van der Waals surface area contributed by atoms with E-state index < -0.39 is 11.9 Å². The fourth-order valence-corrected chi connectivity index (χ4v) is 1.79. The molecule has 0 radical (unpaired) electrons. The molecule has 1 aromatic rings. The van der Waals surface area contributed by atoms with Crippen LogP contribution in [0.3, 0.4) is 0 Å². The summed E-state index contributed by atoms with van der Waals surface area (Å²) in [4.78, 5) is 22.6. The van der Waals surface area contributed by atoms with E-state index in [-0.39, 0.29) is 28.5 Å². The van der Waals surface area contributed by atoms with E-state index in [4.69, 9.17) is 5.73 Å². The van der Waals surface area contributed by atoms with Crippen molar-refractivity contribution in [2.24, 2.45) is 0 Å². The van der Waals surface area contributed by atoms with Crippen LogP contribution >= 0.6 is 23.7 Å². The monoisotopic (exact) mass is 251 g/mol. The molecule has 0 spiro atoms. The van der Waals surface area contributed by atoms with Crippen LogP contribution in [0.15, 0.2) is 5.38 Å². The van der Waals surface area contributed by atoms with Crippen LogP contribution in [0.4, 0.5) is 5.69 Å². The van der Waals surface area contributed by atoms with Crippen molar-refractivity contribution in [2.75, 3.05) is 20.0 Å². The fraction of sp³-hybridized carbons (Fsp3) is 0.250. The van der Waals surface area contributed by atoms with Gasteiger partial charge in [0.2, 0.25) is 0 Å². The first-order valence-electron chi connectivity index (χ1n) is 3.65. The third kappa shape index (κ3) is 2.60. The van der Waals surface area contributed by atoms with E-state index in [1.807, 2.05) is 0 Å². The summed E-state index contributed by atoms with van der Waals surface area (Å²) in [7, 11) is 2.46. The topological polar surface area (TPSA) is 78.6 Å². The van der Waals surface area contributed by atoms with Crippen LogP contribution in [0, 0.1) is 0 Å². The molecule has 0 aliphatic carbocycles. The predicted molar refractivity (Wildman–Crippen MR) is 58.7 cm³/mol. The highest BCUT2D eigenvalue weighted by Crippen LogP contribution is 2.26. The number of thiophene rings is 1. The molecule has 0 aliphatic rings. The Bertz CT molecular complexity index is 377. The average Bonchev–Trinajstić information content (AvgIpc) is 2.58. The van der Waals surface area contributed by atoms with Crippen LogP contribution < -0.4 is 5.73 Å². The number of carbonyl (C=O) groups is 2. The Labute approximate surface area is 96.6 Å². The van der Waals surface area contributed by atoms with Crippen LogP contribution in [0.5, 0.6) is 0 Å². The Kier molecular flexibility index (Phi) is 5.10. The van der Waals surface area contributed by atoms with Crippen molar-refractivity contribution in [3.05, 3.63) is 15.8 Å². The van der Waals surface area contributed by atoms with Crippen molar-refractivity contribution in [2.45, 2.75) is 0 Å². The summed E-state index contributed by atoms with van der Waals surface area (Å²) in [6.45, 7) is 0. The lowest BCUT2D eigenvalue weighted by Crippen LogP contribution is -2.10. The second-order valence-electron chi connectivity index (χ2n) is 2.38. The Hall–Kier alpha value is -1.27. The molecule has 1 heterocycles. The van der Waals surface area contributed by atoms with Gasteiger partial charge < -0.3 is 15.2 Å². The minimum absolute atomic E-state index is 0. The standard InChI is InChI=1S/C8H9NO4S.ClH/c1-12-7(10)5-4(9)3-14-6(5)8(11)13-2;/h3H,9H2,1-2H3;1H. The van der Waals surface area contributed by atoms with Gasteiger partial charge in [-0.25, -0.2) is 9.59 Å². The highest BCUT2D eigenvalue weighted by molar-refractivity contribution is 7.13. The second-order valence-corrected chi connectivity index (χ2v) is 3.26. The number of nitrogens with two attached hydrogens (primary N) is 1. The molecule has 0 saturated heterocycles. The van der Waals surface area contributed by atoms with Gasteiger partial charge in [0.15, 0.2) is 0 Å². The Morgan fingerprint density at radius 1 is 1.27 bits per heavy atom. The number of anilines is 1. The number of ether oxygens (including phenoxy) is 2. The zero-order valence-corrected chi connectivity index (χ0v) is 9.74. The molecular formula is C8H10ClNO4S. The van der Waals surface area contributed by atoms with Crippen LogP contribution in [-0.2, 0) is 9.47 Å². The van der Waals surface area contributed by atoms with E-state index in [9.17, 15) is 9.59 Å². The zero-order valence-electron chi connectivity index (χ0n) is 8.10. The number of rotatable bonds is 2. The third-order valence-corrected chi connectivity index (χ3v) is 2.56. The Balaban J connectivity index is 0.00000196. The van der Waals surface area contributed by atoms with Crippen LogP contribution in [0.2, 0.25) is 0 Å². The summed E-state index contributed by atoms with van der Waals surface area (Å²) in [6, 6.07) is 0. The molecule has 0 aliphatic heterocycles. The second kappa shape index (κ2) is 5.57. The molecule has 0 amide bonds. The number of carbonyl (C=O) groups excluding carboxylic acids is 2. The summed E-state index contributed by atoms with van der Waals surface area (Å²) in [5.74, 6) is -1.23. The first kappa shape index (κ1) is 13.7. The van der Waals surface area contributed by atoms with Gasteiger partial charge in [0.1, 0.15) is 10.4 Å². The van der Waals surface area contributed by atoms with E-state index in [1.54, 1.807) is 0 Å². The van der Waals surface area contributed by atoms with Crippen molar-refractivity contribution in [1.29, 1.82) is 0 Å². The summed E-state index contributed by atoms with van der Waals surface area (Å²) in [6.07, 6.45) is 0. The van der Waals surface area contributed by atoms with Gasteiger partial charge in [-0.15, -0.1) is 23.7 Å². The molecule has 0 bridgehead atoms. The molecule has 0 saturated carbocycles. The minimum Gasteiger partial charge on any atom is -0.465 e. The van der Waals surface area contributed by atoms with Crippen molar-refractivity contribution in [1.82, 2.24) is 0 Å². The van der Waals surface area contributed by atoms with E-state index in [2.05, 4.69) is 9.47 Å². The lowest BCUT2D eigenvalue weighted by molar-refractivity contribution is 0.0561. The summed E-state index contributed by atoms with van der Waals surface area (Å²) >= 11 is 1.05. The summed E-state index contributed by atoms with van der Waals surface area (Å²) in [5, 5.41) is 1.50. The molecule has 0 fully saturated rings. The highest BCUT2D eigenvalue weighted by Gasteiger charge is 2.23. The van der Waals surface area contributed by atoms with E-state index >= 15 is 0 Å². The molecule has 7 heteroatoms. The quantitative estimate of drug-likeness (QED) is 0.802. The molecule has 0 aromatic carbocycles. The molecule has 0 unspecified atom stereocenters. The Morgan fingerprint density at radius 2 is 1.80 bits per heavy atom. The van der Waals surface area contributed by atoms with Crippen LogP contribution in [0.25, 0.3) is 0 Å². The van der Waals surface area contributed by atoms with Crippen molar-refractivity contribution >= 4 is 41.4 Å². The smallest absolute Gasteiger partial charge is 0.349 e. The molecule has 1 aromatic heterocycles. The van der Waals surface area contributed by atoms with Gasteiger partial charge >= 0.3 is 11.9 Å². The maximum Gasteiger partial charge on any atom is 0.349 e. The summed E-state index contributed by atoms with van der Waals surface area (Å²) < 4.78 is 8.98. The highest BCUT2D eigenvalue weighted by atomic mass is 35.5. The molecule has 5 nitrogen and oxygen atoms in total. The maximum atomic E-state index is 11.2. The molecule has 2 N–H and O–H groups in total. The van der Waals surface area contributed by atoms with Crippen LogP contribution in [0.1, 0.15) is 20.0 Å². The van der Waals surface area contributed by atoms with E-state index in [1.165, 1.54) is 19.6 Å². The maximum absolute atomic E-state index is 11.2. The molecule has 1 rings (SSSR count). The number of hydrogen-bond donors (Lipinski definition) is 1. The molecule has 84 valence electrons. The van der Waals surface area contributed by atoms with Gasteiger partial charge in [-0.3, -0.25) is 0 Å². The molecule has 15 heavy (non-hydrogen) atoms. The minimum atomic E-state index is -0.635. The van der Waals surface area contributed by atoms with Crippen molar-refractivity contribution in [3.63, 3.8) is 0 Å². The average molecular weight is 252 g/mol. The normalized spacial score (nSPS) is 8.93. The number of methoxy groups -OCH3 is 2. The van der Waals surface area contributed by atoms with Gasteiger partial charge in [-0.2, -0.15) is 0 Å². The fourth-order valence-electron chi connectivity index (χ4n) is 0.927. The van der Waals surface area contributed by atoms with Gasteiger partial charge in [0.05, 0.1) is 19.9 Å². The van der Waals surface area contributed by atoms with Crippen molar-refractivity contribution < 1.29 is 19.1 Å². The van der Waals surface area contributed by atoms with E-state index in [0.29, 0.717) is 0 Å². The first-order chi connectivity index (χ1) is 6.61. The van der Waals surface area contributed by atoms with Gasteiger partial charge in [-0.05, 0) is 0 Å².